The summed E-state index contributed by atoms with van der Waals surface area (Å²) in [6.07, 6.45) is 0. The molecule has 5 nitrogen and oxygen atoms in total. The zero-order valence-electron chi connectivity index (χ0n) is 12.1. The molecule has 0 atom stereocenters. The first-order valence-electron chi connectivity index (χ1n) is 7.33. The van der Waals surface area contributed by atoms with E-state index in [0.717, 1.165) is 56.3 Å². The third-order valence-electron chi connectivity index (χ3n) is 4.12. The second-order valence-electron chi connectivity index (χ2n) is 5.49. The number of likely N-dealkylation sites (N-methyl/N-ethyl adjacent to an activating group) is 1. The van der Waals surface area contributed by atoms with Crippen molar-refractivity contribution < 1.29 is 9.47 Å². The van der Waals surface area contributed by atoms with E-state index < -0.39 is 0 Å². The quantitative estimate of drug-likeness (QED) is 0.843. The van der Waals surface area contributed by atoms with Gasteiger partial charge in [-0.1, -0.05) is 6.92 Å². The van der Waals surface area contributed by atoms with Crippen LogP contribution in [0.3, 0.4) is 0 Å². The van der Waals surface area contributed by atoms with Crippen LogP contribution in [-0.2, 0) is 17.9 Å². The summed E-state index contributed by atoms with van der Waals surface area (Å²) in [5, 5.41) is 0. The standard InChI is InChI=1S/C15H23N3O2/c1-2-17-3-5-18(6-4-17)9-12-7-14(16)8-13-10-19-11-20-15(12)13/h7-8H,2-6,9-11,16H2,1H3. The molecular weight excluding hydrogens is 254 g/mol. The van der Waals surface area contributed by atoms with E-state index in [2.05, 4.69) is 16.7 Å². The lowest BCUT2D eigenvalue weighted by atomic mass is 10.1. The van der Waals surface area contributed by atoms with Crippen molar-refractivity contribution in [3.05, 3.63) is 23.3 Å². The molecular formula is C15H23N3O2. The first-order chi connectivity index (χ1) is 9.76. The number of ether oxygens (including phenoxy) is 2. The van der Waals surface area contributed by atoms with Crippen LogP contribution in [0.15, 0.2) is 12.1 Å². The summed E-state index contributed by atoms with van der Waals surface area (Å²) in [6.45, 7) is 9.70. The fraction of sp³-hybridized carbons (Fsp3) is 0.600. The highest BCUT2D eigenvalue weighted by Gasteiger charge is 2.20. The molecule has 2 N–H and O–H groups in total. The second kappa shape index (κ2) is 5.99. The SMILES string of the molecule is CCN1CCN(Cc2cc(N)cc3c2OCOC3)CC1. The Balaban J connectivity index is 1.72. The van der Waals surface area contributed by atoms with Crippen LogP contribution in [0, 0.1) is 0 Å². The van der Waals surface area contributed by atoms with Gasteiger partial charge >= 0.3 is 0 Å². The minimum absolute atomic E-state index is 0.341. The molecule has 0 bridgehead atoms. The van der Waals surface area contributed by atoms with Gasteiger partial charge in [-0.3, -0.25) is 4.90 Å². The Labute approximate surface area is 120 Å². The maximum absolute atomic E-state index is 5.99. The van der Waals surface area contributed by atoms with E-state index >= 15 is 0 Å². The maximum Gasteiger partial charge on any atom is 0.189 e. The number of hydrogen-bond acceptors (Lipinski definition) is 5. The van der Waals surface area contributed by atoms with Crippen LogP contribution in [-0.4, -0.2) is 49.3 Å². The van der Waals surface area contributed by atoms with Gasteiger partial charge in [0.25, 0.3) is 0 Å². The third-order valence-corrected chi connectivity index (χ3v) is 4.12. The van der Waals surface area contributed by atoms with Crippen molar-refractivity contribution in [2.75, 3.05) is 45.3 Å². The Bertz CT molecular complexity index is 470. The summed E-state index contributed by atoms with van der Waals surface area (Å²) in [7, 11) is 0. The number of nitrogen functional groups attached to an aromatic ring is 1. The summed E-state index contributed by atoms with van der Waals surface area (Å²) < 4.78 is 11.0. The molecule has 1 aromatic rings. The Morgan fingerprint density at radius 1 is 1.15 bits per heavy atom. The smallest absolute Gasteiger partial charge is 0.189 e. The van der Waals surface area contributed by atoms with Gasteiger partial charge in [0, 0.05) is 49.5 Å². The van der Waals surface area contributed by atoms with Gasteiger partial charge in [0.2, 0.25) is 0 Å². The van der Waals surface area contributed by atoms with Crippen molar-refractivity contribution in [2.24, 2.45) is 0 Å². The predicted molar refractivity (Wildman–Crippen MR) is 78.5 cm³/mol. The molecule has 1 aromatic carbocycles. The van der Waals surface area contributed by atoms with Crippen molar-refractivity contribution in [1.82, 2.24) is 9.80 Å². The Kier molecular flexibility index (Phi) is 4.10. The van der Waals surface area contributed by atoms with Crippen LogP contribution in [0.2, 0.25) is 0 Å². The number of nitrogens with two attached hydrogens (primary N) is 1. The van der Waals surface area contributed by atoms with Gasteiger partial charge in [0.1, 0.15) is 5.75 Å². The van der Waals surface area contributed by atoms with Crippen molar-refractivity contribution in [3.63, 3.8) is 0 Å². The van der Waals surface area contributed by atoms with E-state index in [1.807, 2.05) is 12.1 Å². The molecule has 0 spiro atoms. The summed E-state index contributed by atoms with van der Waals surface area (Å²) in [5.41, 5.74) is 9.04. The molecule has 2 aliphatic heterocycles. The number of hydrogen-bond donors (Lipinski definition) is 1. The van der Waals surface area contributed by atoms with Gasteiger partial charge < -0.3 is 20.1 Å². The molecule has 1 fully saturated rings. The summed E-state index contributed by atoms with van der Waals surface area (Å²) in [6, 6.07) is 3.99. The van der Waals surface area contributed by atoms with E-state index in [0.29, 0.717) is 13.4 Å². The zero-order valence-corrected chi connectivity index (χ0v) is 12.1. The lowest BCUT2D eigenvalue weighted by molar-refractivity contribution is -0.0175. The molecule has 1 saturated heterocycles. The summed E-state index contributed by atoms with van der Waals surface area (Å²) in [4.78, 5) is 4.95. The second-order valence-corrected chi connectivity index (χ2v) is 5.49. The van der Waals surface area contributed by atoms with Gasteiger partial charge in [-0.2, -0.15) is 0 Å². The van der Waals surface area contributed by atoms with Gasteiger partial charge in [-0.05, 0) is 18.7 Å². The van der Waals surface area contributed by atoms with Gasteiger partial charge in [-0.25, -0.2) is 0 Å². The van der Waals surface area contributed by atoms with E-state index in [9.17, 15) is 0 Å². The van der Waals surface area contributed by atoms with Crippen LogP contribution in [0.1, 0.15) is 18.1 Å². The van der Waals surface area contributed by atoms with Gasteiger partial charge in [0.05, 0.1) is 6.61 Å². The van der Waals surface area contributed by atoms with Crippen LogP contribution < -0.4 is 10.5 Å². The topological polar surface area (TPSA) is 51.0 Å². The highest BCUT2D eigenvalue weighted by atomic mass is 16.7. The first kappa shape index (κ1) is 13.7. The maximum atomic E-state index is 5.99. The van der Waals surface area contributed by atoms with E-state index in [1.165, 1.54) is 5.56 Å². The molecule has 0 saturated carbocycles. The molecule has 20 heavy (non-hydrogen) atoms. The largest absolute Gasteiger partial charge is 0.467 e. The lowest BCUT2D eigenvalue weighted by Gasteiger charge is -2.34. The normalized spacial score (nSPS) is 20.4. The molecule has 2 heterocycles. The molecule has 3 rings (SSSR count). The van der Waals surface area contributed by atoms with E-state index in [-0.39, 0.29) is 0 Å². The van der Waals surface area contributed by atoms with Crippen molar-refractivity contribution in [3.8, 4) is 5.75 Å². The average molecular weight is 277 g/mol. The van der Waals surface area contributed by atoms with E-state index in [1.54, 1.807) is 0 Å². The van der Waals surface area contributed by atoms with Gasteiger partial charge in [-0.15, -0.1) is 0 Å². The lowest BCUT2D eigenvalue weighted by Crippen LogP contribution is -2.45. The van der Waals surface area contributed by atoms with Crippen molar-refractivity contribution in [2.45, 2.75) is 20.1 Å². The van der Waals surface area contributed by atoms with Crippen molar-refractivity contribution in [1.29, 1.82) is 0 Å². The Morgan fingerprint density at radius 2 is 1.90 bits per heavy atom. The van der Waals surface area contributed by atoms with Crippen LogP contribution in [0.5, 0.6) is 5.75 Å². The van der Waals surface area contributed by atoms with Crippen molar-refractivity contribution >= 4 is 5.69 Å². The molecule has 0 unspecified atom stereocenters. The number of anilines is 1. The Morgan fingerprint density at radius 3 is 2.65 bits per heavy atom. The number of fused-ring (bicyclic) bond motifs is 1. The fourth-order valence-electron chi connectivity index (χ4n) is 2.95. The monoisotopic (exact) mass is 277 g/mol. The molecule has 110 valence electrons. The van der Waals surface area contributed by atoms with E-state index in [4.69, 9.17) is 15.2 Å². The summed E-state index contributed by atoms with van der Waals surface area (Å²) in [5.74, 6) is 0.975. The van der Waals surface area contributed by atoms with Crippen LogP contribution >= 0.6 is 0 Å². The first-order valence-corrected chi connectivity index (χ1v) is 7.33. The molecule has 5 heteroatoms. The number of nitrogens with zero attached hydrogens (tertiary/aromatic N) is 2. The third kappa shape index (κ3) is 2.90. The fourth-order valence-corrected chi connectivity index (χ4v) is 2.95. The predicted octanol–water partition coefficient (Wildman–Crippen LogP) is 1.27. The van der Waals surface area contributed by atoms with Crippen LogP contribution in [0.25, 0.3) is 0 Å². The molecule has 0 aliphatic carbocycles. The number of benzene rings is 1. The van der Waals surface area contributed by atoms with Gasteiger partial charge in [0.15, 0.2) is 6.79 Å². The average Bonchev–Trinajstić information content (AvgIpc) is 2.48. The highest BCUT2D eigenvalue weighted by Crippen LogP contribution is 2.31. The number of rotatable bonds is 3. The Hall–Kier alpha value is -1.30. The molecule has 2 aliphatic rings. The molecule has 0 amide bonds. The van der Waals surface area contributed by atoms with Crippen LogP contribution in [0.4, 0.5) is 5.69 Å². The number of piperazine rings is 1. The zero-order chi connectivity index (χ0) is 13.9. The summed E-state index contributed by atoms with van der Waals surface area (Å²) >= 11 is 0. The molecule has 0 aromatic heterocycles. The highest BCUT2D eigenvalue weighted by molar-refractivity contribution is 5.53. The minimum atomic E-state index is 0.341. The molecule has 0 radical (unpaired) electrons. The minimum Gasteiger partial charge on any atom is -0.467 e.